The number of nitrogens with zero attached hydrogens (tertiary/aromatic N) is 2. The van der Waals surface area contributed by atoms with Crippen LogP contribution in [-0.2, 0) is 9.59 Å². The number of hydrogen-bond acceptors (Lipinski definition) is 5. The van der Waals surface area contributed by atoms with Crippen LogP contribution in [0.4, 0.5) is 10.2 Å². The molecule has 0 unspecified atom stereocenters. The van der Waals surface area contributed by atoms with Crippen molar-refractivity contribution in [2.24, 2.45) is 0 Å². The predicted octanol–water partition coefficient (Wildman–Crippen LogP) is 4.63. The third kappa shape index (κ3) is 3.85. The highest BCUT2D eigenvalue weighted by Gasteiger charge is 2.48. The molecule has 7 heteroatoms. The third-order valence-electron chi connectivity index (χ3n) is 5.04. The number of ether oxygens (including phenoxy) is 1. The standard InChI is InChI=1S/C25H21FN2O4/c1-15(2)32-17-12-10-16(11-13-17)23(29)21-22(18-7-3-4-8-19(18)26)28(25(31)24(21)30)20-9-5-6-14-27-20/h3-15,22,29H,1-2H3/t22-/m0/s1. The molecule has 162 valence electrons. The van der Waals surface area contributed by atoms with Crippen molar-refractivity contribution in [1.82, 2.24) is 4.98 Å². The number of rotatable bonds is 5. The first kappa shape index (κ1) is 21.2. The molecule has 1 N–H and O–H groups in total. The van der Waals surface area contributed by atoms with Gasteiger partial charge in [0.25, 0.3) is 5.78 Å². The Morgan fingerprint density at radius 2 is 1.72 bits per heavy atom. The Balaban J connectivity index is 1.88. The van der Waals surface area contributed by atoms with E-state index in [2.05, 4.69) is 4.98 Å². The highest BCUT2D eigenvalue weighted by Crippen LogP contribution is 2.42. The molecule has 1 aromatic heterocycles. The van der Waals surface area contributed by atoms with Gasteiger partial charge >= 0.3 is 5.91 Å². The number of aliphatic hydroxyl groups excluding tert-OH is 1. The number of Topliss-reactive ketones (excluding diaryl/α,β-unsaturated/α-hetero) is 1. The van der Waals surface area contributed by atoms with Crippen LogP contribution in [0.3, 0.4) is 0 Å². The van der Waals surface area contributed by atoms with Crippen molar-refractivity contribution < 1.29 is 23.8 Å². The van der Waals surface area contributed by atoms with Crippen LogP contribution in [0.15, 0.2) is 78.5 Å². The van der Waals surface area contributed by atoms with E-state index < -0.39 is 29.3 Å². The number of anilines is 1. The van der Waals surface area contributed by atoms with Crippen LogP contribution in [-0.4, -0.2) is 27.9 Å². The van der Waals surface area contributed by atoms with E-state index in [1.54, 1.807) is 48.5 Å². The van der Waals surface area contributed by atoms with E-state index >= 15 is 0 Å². The number of aromatic nitrogens is 1. The van der Waals surface area contributed by atoms with Crippen molar-refractivity contribution in [3.05, 3.63) is 95.4 Å². The van der Waals surface area contributed by atoms with E-state index in [1.165, 1.54) is 24.4 Å². The van der Waals surface area contributed by atoms with Crippen LogP contribution in [0.5, 0.6) is 5.75 Å². The summed E-state index contributed by atoms with van der Waals surface area (Å²) in [4.78, 5) is 31.3. The van der Waals surface area contributed by atoms with Gasteiger partial charge in [-0.05, 0) is 56.3 Å². The van der Waals surface area contributed by atoms with Crippen molar-refractivity contribution in [2.75, 3.05) is 4.90 Å². The average molecular weight is 432 g/mol. The molecule has 0 aliphatic carbocycles. The SMILES string of the molecule is CC(C)Oc1ccc(C(O)=C2C(=O)C(=O)N(c3ccccn3)[C@H]2c2ccccc2F)cc1. The number of amides is 1. The topological polar surface area (TPSA) is 79.7 Å². The molecule has 1 fully saturated rings. The maximum absolute atomic E-state index is 14.8. The van der Waals surface area contributed by atoms with Crippen LogP contribution in [0.1, 0.15) is 31.0 Å². The van der Waals surface area contributed by atoms with Gasteiger partial charge in [-0.1, -0.05) is 24.3 Å². The van der Waals surface area contributed by atoms with Gasteiger partial charge in [0, 0.05) is 17.3 Å². The van der Waals surface area contributed by atoms with Crippen molar-refractivity contribution in [1.29, 1.82) is 0 Å². The minimum atomic E-state index is -1.17. The van der Waals surface area contributed by atoms with E-state index in [0.717, 1.165) is 4.90 Å². The number of hydrogen-bond donors (Lipinski definition) is 1. The molecule has 4 rings (SSSR count). The lowest BCUT2D eigenvalue weighted by molar-refractivity contribution is -0.132. The van der Waals surface area contributed by atoms with Crippen molar-refractivity contribution in [3.63, 3.8) is 0 Å². The zero-order chi connectivity index (χ0) is 22.8. The van der Waals surface area contributed by atoms with Gasteiger partial charge in [-0.2, -0.15) is 0 Å². The Morgan fingerprint density at radius 1 is 1.03 bits per heavy atom. The summed E-state index contributed by atoms with van der Waals surface area (Å²) >= 11 is 0. The molecule has 0 radical (unpaired) electrons. The molecule has 1 amide bonds. The van der Waals surface area contributed by atoms with Crippen LogP contribution >= 0.6 is 0 Å². The summed E-state index contributed by atoms with van der Waals surface area (Å²) in [6.07, 6.45) is 1.44. The smallest absolute Gasteiger partial charge is 0.301 e. The van der Waals surface area contributed by atoms with E-state index in [0.29, 0.717) is 11.3 Å². The molecule has 1 saturated heterocycles. The Hall–Kier alpha value is -4.00. The third-order valence-corrected chi connectivity index (χ3v) is 5.04. The normalized spacial score (nSPS) is 17.8. The van der Waals surface area contributed by atoms with Gasteiger partial charge in [0.15, 0.2) is 0 Å². The molecule has 1 atom stereocenters. The molecule has 0 bridgehead atoms. The van der Waals surface area contributed by atoms with Crippen LogP contribution < -0.4 is 9.64 Å². The molecule has 32 heavy (non-hydrogen) atoms. The number of halogens is 1. The van der Waals surface area contributed by atoms with E-state index in [1.807, 2.05) is 13.8 Å². The Labute approximate surface area is 184 Å². The zero-order valence-corrected chi connectivity index (χ0v) is 17.5. The molecule has 6 nitrogen and oxygen atoms in total. The summed E-state index contributed by atoms with van der Waals surface area (Å²) in [6, 6.07) is 16.0. The number of ketones is 1. The fourth-order valence-corrected chi connectivity index (χ4v) is 3.68. The minimum absolute atomic E-state index is 0.0285. The number of benzene rings is 2. The molecule has 1 aliphatic rings. The Bertz CT molecular complexity index is 1190. The Kier molecular flexibility index (Phi) is 5.73. The first-order valence-corrected chi connectivity index (χ1v) is 10.1. The van der Waals surface area contributed by atoms with Crippen LogP contribution in [0.2, 0.25) is 0 Å². The molecule has 2 aromatic carbocycles. The summed E-state index contributed by atoms with van der Waals surface area (Å²) in [6.45, 7) is 3.78. The van der Waals surface area contributed by atoms with Crippen molar-refractivity contribution >= 4 is 23.3 Å². The summed E-state index contributed by atoms with van der Waals surface area (Å²) < 4.78 is 20.4. The number of aliphatic hydroxyl groups is 1. The molecule has 1 aliphatic heterocycles. The predicted molar refractivity (Wildman–Crippen MR) is 118 cm³/mol. The number of carbonyl (C=O) groups is 2. The summed E-state index contributed by atoms with van der Waals surface area (Å²) in [5.74, 6) is -2.03. The van der Waals surface area contributed by atoms with Crippen LogP contribution in [0.25, 0.3) is 5.76 Å². The zero-order valence-electron chi connectivity index (χ0n) is 17.5. The van der Waals surface area contributed by atoms with Gasteiger partial charge in [-0.3, -0.25) is 14.5 Å². The second-order valence-electron chi connectivity index (χ2n) is 7.57. The molecule has 0 spiro atoms. The lowest BCUT2D eigenvalue weighted by atomic mass is 9.95. The maximum Gasteiger partial charge on any atom is 0.301 e. The fourth-order valence-electron chi connectivity index (χ4n) is 3.68. The lowest BCUT2D eigenvalue weighted by Crippen LogP contribution is -2.30. The maximum atomic E-state index is 14.8. The summed E-state index contributed by atoms with van der Waals surface area (Å²) in [5.41, 5.74) is 0.184. The highest BCUT2D eigenvalue weighted by molar-refractivity contribution is 6.51. The van der Waals surface area contributed by atoms with E-state index in [4.69, 9.17) is 4.74 Å². The van der Waals surface area contributed by atoms with Gasteiger partial charge in [-0.15, -0.1) is 0 Å². The van der Waals surface area contributed by atoms with E-state index in [-0.39, 0.29) is 23.1 Å². The summed E-state index contributed by atoms with van der Waals surface area (Å²) in [7, 11) is 0. The fraction of sp³-hybridized carbons (Fsp3) is 0.160. The van der Waals surface area contributed by atoms with Gasteiger partial charge in [0.2, 0.25) is 0 Å². The molecular formula is C25H21FN2O4. The summed E-state index contributed by atoms with van der Waals surface area (Å²) in [5, 5.41) is 11.1. The monoisotopic (exact) mass is 432 g/mol. The van der Waals surface area contributed by atoms with Crippen molar-refractivity contribution in [2.45, 2.75) is 26.0 Å². The van der Waals surface area contributed by atoms with E-state index in [9.17, 15) is 19.1 Å². The first-order valence-electron chi connectivity index (χ1n) is 10.1. The molecule has 0 saturated carbocycles. The quantitative estimate of drug-likeness (QED) is 0.361. The Morgan fingerprint density at radius 3 is 2.34 bits per heavy atom. The van der Waals surface area contributed by atoms with Gasteiger partial charge < -0.3 is 9.84 Å². The second-order valence-corrected chi connectivity index (χ2v) is 7.57. The van der Waals surface area contributed by atoms with Crippen molar-refractivity contribution in [3.8, 4) is 5.75 Å². The largest absolute Gasteiger partial charge is 0.507 e. The number of carbonyl (C=O) groups excluding carboxylic acids is 2. The minimum Gasteiger partial charge on any atom is -0.507 e. The molecule has 3 aromatic rings. The van der Waals surface area contributed by atoms with Gasteiger partial charge in [0.1, 0.15) is 23.1 Å². The average Bonchev–Trinajstić information content (AvgIpc) is 3.05. The first-order chi connectivity index (χ1) is 15.4. The van der Waals surface area contributed by atoms with Gasteiger partial charge in [-0.25, -0.2) is 9.37 Å². The number of pyridine rings is 1. The lowest BCUT2D eigenvalue weighted by Gasteiger charge is -2.24. The van der Waals surface area contributed by atoms with Gasteiger partial charge in [0.05, 0.1) is 17.7 Å². The molecule has 2 heterocycles. The highest BCUT2D eigenvalue weighted by atomic mass is 19.1. The second kappa shape index (κ2) is 8.63. The van der Waals surface area contributed by atoms with Crippen LogP contribution in [0, 0.1) is 5.82 Å². The molecular weight excluding hydrogens is 411 g/mol.